The predicted molar refractivity (Wildman–Crippen MR) is 118 cm³/mol. The second-order valence-corrected chi connectivity index (χ2v) is 8.82. The number of hydrogen-bond acceptors (Lipinski definition) is 4. The first-order valence-corrected chi connectivity index (χ1v) is 10.3. The standard InChI is InChI=1S/C25H36O4/c1-15-9-21(10-16(2)23(15)28-13-19(5)26)25(7,8)22-11-17(3)24(18(4)12-22)29-14-20(6)27/h9-12,19-20,26-27H,13-14H2,1-8H3. The van der Waals surface area contributed by atoms with Crippen molar-refractivity contribution >= 4 is 0 Å². The zero-order valence-corrected chi connectivity index (χ0v) is 19.1. The van der Waals surface area contributed by atoms with Gasteiger partial charge in [0.25, 0.3) is 0 Å². The molecule has 2 rings (SSSR count). The van der Waals surface area contributed by atoms with E-state index in [0.717, 1.165) is 33.8 Å². The second-order valence-electron chi connectivity index (χ2n) is 8.82. The summed E-state index contributed by atoms with van der Waals surface area (Å²) in [5.74, 6) is 1.69. The van der Waals surface area contributed by atoms with E-state index in [1.807, 2.05) is 27.7 Å². The van der Waals surface area contributed by atoms with Crippen LogP contribution in [0.2, 0.25) is 0 Å². The number of benzene rings is 2. The Hall–Kier alpha value is -2.04. The third kappa shape index (κ3) is 5.52. The van der Waals surface area contributed by atoms with Gasteiger partial charge in [0.05, 0.1) is 12.2 Å². The van der Waals surface area contributed by atoms with Gasteiger partial charge in [-0.25, -0.2) is 0 Å². The molecule has 0 spiro atoms. The molecular weight excluding hydrogens is 364 g/mol. The van der Waals surface area contributed by atoms with E-state index in [2.05, 4.69) is 38.1 Å². The number of aryl methyl sites for hydroxylation is 4. The average Bonchev–Trinajstić information content (AvgIpc) is 2.59. The minimum atomic E-state index is -0.495. The first kappa shape index (κ1) is 23.2. The molecule has 0 radical (unpaired) electrons. The maximum atomic E-state index is 9.52. The molecule has 0 bridgehead atoms. The van der Waals surface area contributed by atoms with Gasteiger partial charge >= 0.3 is 0 Å². The summed E-state index contributed by atoms with van der Waals surface area (Å²) >= 11 is 0. The number of hydrogen-bond donors (Lipinski definition) is 2. The summed E-state index contributed by atoms with van der Waals surface area (Å²) in [6, 6.07) is 8.69. The summed E-state index contributed by atoms with van der Waals surface area (Å²) in [5, 5.41) is 19.0. The monoisotopic (exact) mass is 400 g/mol. The highest BCUT2D eigenvalue weighted by Crippen LogP contribution is 2.38. The van der Waals surface area contributed by atoms with Gasteiger partial charge in [0.15, 0.2) is 0 Å². The molecule has 0 amide bonds. The van der Waals surface area contributed by atoms with Crippen molar-refractivity contribution < 1.29 is 19.7 Å². The van der Waals surface area contributed by atoms with Gasteiger partial charge in [-0.3, -0.25) is 0 Å². The van der Waals surface area contributed by atoms with Crippen molar-refractivity contribution in [3.8, 4) is 11.5 Å². The van der Waals surface area contributed by atoms with Crippen LogP contribution in [0, 0.1) is 27.7 Å². The highest BCUT2D eigenvalue weighted by Gasteiger charge is 2.26. The molecule has 0 saturated carbocycles. The number of ether oxygens (including phenoxy) is 2. The van der Waals surface area contributed by atoms with Crippen LogP contribution in [0.5, 0.6) is 11.5 Å². The van der Waals surface area contributed by atoms with Crippen molar-refractivity contribution in [1.29, 1.82) is 0 Å². The molecule has 2 unspecified atom stereocenters. The molecule has 0 aliphatic carbocycles. The van der Waals surface area contributed by atoms with Gasteiger partial charge in [-0.05, 0) is 74.9 Å². The SMILES string of the molecule is Cc1cc(C(C)(C)c2cc(C)c(OCC(C)O)c(C)c2)cc(C)c1OCC(C)O. The Bertz CT molecular complexity index is 734. The molecule has 2 atom stereocenters. The van der Waals surface area contributed by atoms with Crippen molar-refractivity contribution in [2.24, 2.45) is 0 Å². The Kier molecular flexibility index (Phi) is 7.36. The lowest BCUT2D eigenvalue weighted by Crippen LogP contribution is -2.21. The molecule has 0 fully saturated rings. The van der Waals surface area contributed by atoms with E-state index >= 15 is 0 Å². The van der Waals surface area contributed by atoms with Gasteiger partial charge in [0, 0.05) is 5.41 Å². The first-order valence-electron chi connectivity index (χ1n) is 10.3. The van der Waals surface area contributed by atoms with Gasteiger partial charge in [0.2, 0.25) is 0 Å². The quantitative estimate of drug-likeness (QED) is 0.670. The van der Waals surface area contributed by atoms with Crippen LogP contribution in [0.1, 0.15) is 61.1 Å². The molecule has 4 nitrogen and oxygen atoms in total. The van der Waals surface area contributed by atoms with Crippen molar-refractivity contribution in [1.82, 2.24) is 0 Å². The fraction of sp³-hybridized carbons (Fsp3) is 0.520. The third-order valence-electron chi connectivity index (χ3n) is 5.30. The lowest BCUT2D eigenvalue weighted by molar-refractivity contribution is 0.122. The lowest BCUT2D eigenvalue weighted by atomic mass is 9.76. The molecule has 0 aliphatic heterocycles. The van der Waals surface area contributed by atoms with Crippen LogP contribution < -0.4 is 9.47 Å². The van der Waals surface area contributed by atoms with Crippen molar-refractivity contribution in [2.45, 2.75) is 73.0 Å². The molecule has 2 aromatic carbocycles. The second kappa shape index (κ2) is 9.19. The highest BCUT2D eigenvalue weighted by molar-refractivity contribution is 5.52. The molecule has 0 aromatic heterocycles. The molecule has 0 aliphatic rings. The van der Waals surface area contributed by atoms with Gasteiger partial charge in [-0.1, -0.05) is 38.1 Å². The maximum Gasteiger partial charge on any atom is 0.125 e. The van der Waals surface area contributed by atoms with Crippen LogP contribution in [-0.4, -0.2) is 35.6 Å². The lowest BCUT2D eigenvalue weighted by Gasteiger charge is -2.29. The number of aliphatic hydroxyl groups is 2. The van der Waals surface area contributed by atoms with E-state index in [9.17, 15) is 10.2 Å². The third-order valence-corrected chi connectivity index (χ3v) is 5.30. The molecular formula is C25H36O4. The smallest absolute Gasteiger partial charge is 0.125 e. The van der Waals surface area contributed by atoms with Crippen molar-refractivity contribution in [2.75, 3.05) is 13.2 Å². The van der Waals surface area contributed by atoms with Gasteiger partial charge in [0.1, 0.15) is 24.7 Å². The summed E-state index contributed by atoms with van der Waals surface area (Å²) in [5.41, 5.74) is 6.51. The molecule has 2 N–H and O–H groups in total. The topological polar surface area (TPSA) is 58.9 Å². The maximum absolute atomic E-state index is 9.52. The van der Waals surface area contributed by atoms with Crippen LogP contribution in [0.15, 0.2) is 24.3 Å². The Balaban J connectivity index is 2.39. The molecule has 0 saturated heterocycles. The van der Waals surface area contributed by atoms with Crippen LogP contribution in [0.3, 0.4) is 0 Å². The Morgan fingerprint density at radius 1 is 0.690 bits per heavy atom. The molecule has 160 valence electrons. The van der Waals surface area contributed by atoms with E-state index in [1.54, 1.807) is 13.8 Å². The summed E-state index contributed by atoms with van der Waals surface area (Å²) in [4.78, 5) is 0. The van der Waals surface area contributed by atoms with E-state index in [0.29, 0.717) is 0 Å². The zero-order chi connectivity index (χ0) is 21.9. The van der Waals surface area contributed by atoms with Gasteiger partial charge in [-0.15, -0.1) is 0 Å². The number of aliphatic hydroxyl groups excluding tert-OH is 2. The Labute approximate surface area is 175 Å². The minimum Gasteiger partial charge on any atom is -0.490 e. The zero-order valence-electron chi connectivity index (χ0n) is 19.1. The Morgan fingerprint density at radius 3 is 1.21 bits per heavy atom. The van der Waals surface area contributed by atoms with Gasteiger partial charge < -0.3 is 19.7 Å². The van der Waals surface area contributed by atoms with Crippen molar-refractivity contribution in [3.05, 3.63) is 57.6 Å². The largest absolute Gasteiger partial charge is 0.490 e. The average molecular weight is 401 g/mol. The number of rotatable bonds is 8. The van der Waals surface area contributed by atoms with E-state index < -0.39 is 12.2 Å². The molecule has 0 heterocycles. The molecule has 29 heavy (non-hydrogen) atoms. The fourth-order valence-electron chi connectivity index (χ4n) is 3.65. The van der Waals surface area contributed by atoms with Crippen LogP contribution in [-0.2, 0) is 5.41 Å². The van der Waals surface area contributed by atoms with E-state index in [4.69, 9.17) is 9.47 Å². The Morgan fingerprint density at radius 2 is 0.966 bits per heavy atom. The summed E-state index contributed by atoms with van der Waals surface area (Å²) < 4.78 is 11.6. The first-order chi connectivity index (χ1) is 13.4. The van der Waals surface area contributed by atoms with E-state index in [-0.39, 0.29) is 18.6 Å². The normalized spacial score (nSPS) is 13.9. The van der Waals surface area contributed by atoms with Gasteiger partial charge in [-0.2, -0.15) is 0 Å². The summed E-state index contributed by atoms with van der Waals surface area (Å²) in [6.45, 7) is 16.7. The van der Waals surface area contributed by atoms with Crippen LogP contribution in [0.25, 0.3) is 0 Å². The molecule has 4 heteroatoms. The summed E-state index contributed by atoms with van der Waals surface area (Å²) in [6.07, 6.45) is -0.990. The minimum absolute atomic E-state index is 0.198. The van der Waals surface area contributed by atoms with Crippen LogP contribution in [0.4, 0.5) is 0 Å². The van der Waals surface area contributed by atoms with E-state index in [1.165, 1.54) is 11.1 Å². The predicted octanol–water partition coefficient (Wildman–Crippen LogP) is 4.77. The summed E-state index contributed by atoms with van der Waals surface area (Å²) in [7, 11) is 0. The molecule has 2 aromatic rings. The fourth-order valence-corrected chi connectivity index (χ4v) is 3.65. The highest BCUT2D eigenvalue weighted by atomic mass is 16.5. The van der Waals surface area contributed by atoms with Crippen molar-refractivity contribution in [3.63, 3.8) is 0 Å². The van der Waals surface area contributed by atoms with Crippen LogP contribution >= 0.6 is 0 Å².